The van der Waals surface area contributed by atoms with Gasteiger partial charge in [-0.05, 0) is 30.0 Å². The number of rotatable bonds is 4. The first-order valence-electron chi connectivity index (χ1n) is 7.57. The maximum Gasteiger partial charge on any atom is 0.231 e. The van der Waals surface area contributed by atoms with Gasteiger partial charge in [0.2, 0.25) is 6.79 Å². The number of benzene rings is 1. The van der Waals surface area contributed by atoms with Crippen LogP contribution in [-0.4, -0.2) is 43.9 Å². The lowest BCUT2D eigenvalue weighted by atomic mass is 9.94. The Balaban J connectivity index is 1.72. The lowest BCUT2D eigenvalue weighted by Gasteiger charge is -2.37. The molecular weight excluding hydrogens is 252 g/mol. The van der Waals surface area contributed by atoms with E-state index in [1.54, 1.807) is 0 Å². The van der Waals surface area contributed by atoms with Crippen molar-refractivity contribution in [3.05, 3.63) is 23.8 Å². The predicted octanol–water partition coefficient (Wildman–Crippen LogP) is 1.89. The van der Waals surface area contributed by atoms with Crippen LogP contribution in [0.15, 0.2) is 18.2 Å². The van der Waals surface area contributed by atoms with E-state index < -0.39 is 0 Å². The second-order valence-electron chi connectivity index (χ2n) is 5.99. The van der Waals surface area contributed by atoms with Gasteiger partial charge >= 0.3 is 0 Å². The van der Waals surface area contributed by atoms with Crippen LogP contribution in [0, 0.1) is 5.92 Å². The Labute approximate surface area is 121 Å². The number of hydrogen-bond acceptors (Lipinski definition) is 4. The van der Waals surface area contributed by atoms with Gasteiger partial charge in [0.05, 0.1) is 0 Å². The van der Waals surface area contributed by atoms with Crippen LogP contribution in [0.5, 0.6) is 11.5 Å². The van der Waals surface area contributed by atoms with E-state index in [0.717, 1.165) is 44.1 Å². The van der Waals surface area contributed by atoms with E-state index in [-0.39, 0.29) is 0 Å². The average molecular weight is 276 g/mol. The van der Waals surface area contributed by atoms with Crippen LogP contribution in [0.25, 0.3) is 0 Å². The fourth-order valence-electron chi connectivity index (χ4n) is 3.11. The van der Waals surface area contributed by atoms with E-state index in [9.17, 15) is 0 Å². The van der Waals surface area contributed by atoms with Gasteiger partial charge in [-0.2, -0.15) is 0 Å². The predicted molar refractivity (Wildman–Crippen MR) is 79.3 cm³/mol. The van der Waals surface area contributed by atoms with Crippen LogP contribution in [0.3, 0.4) is 0 Å². The van der Waals surface area contributed by atoms with Crippen molar-refractivity contribution in [3.8, 4) is 11.5 Å². The van der Waals surface area contributed by atoms with Crippen molar-refractivity contribution >= 4 is 0 Å². The Bertz CT molecular complexity index is 456. The first-order chi connectivity index (χ1) is 9.74. The van der Waals surface area contributed by atoms with Crippen LogP contribution in [0.2, 0.25) is 0 Å². The molecule has 0 saturated carbocycles. The summed E-state index contributed by atoms with van der Waals surface area (Å²) in [5, 5.41) is 3.43. The van der Waals surface area contributed by atoms with Gasteiger partial charge < -0.3 is 14.8 Å². The molecule has 2 aliphatic heterocycles. The van der Waals surface area contributed by atoms with Crippen LogP contribution < -0.4 is 14.8 Å². The summed E-state index contributed by atoms with van der Waals surface area (Å²) in [6.45, 7) is 9.49. The first-order valence-corrected chi connectivity index (χ1v) is 7.57. The molecule has 0 aliphatic carbocycles. The fourth-order valence-corrected chi connectivity index (χ4v) is 3.11. The van der Waals surface area contributed by atoms with Gasteiger partial charge in [-0.15, -0.1) is 0 Å². The minimum absolute atomic E-state index is 0.351. The van der Waals surface area contributed by atoms with E-state index in [4.69, 9.17) is 9.47 Å². The third kappa shape index (κ3) is 2.91. The van der Waals surface area contributed by atoms with Crippen molar-refractivity contribution in [1.29, 1.82) is 0 Å². The molecular formula is C16H24N2O2. The monoisotopic (exact) mass is 276 g/mol. The van der Waals surface area contributed by atoms with Crippen molar-refractivity contribution in [2.45, 2.75) is 26.3 Å². The third-order valence-electron chi connectivity index (χ3n) is 4.27. The molecule has 1 fully saturated rings. The summed E-state index contributed by atoms with van der Waals surface area (Å²) in [4.78, 5) is 2.62. The van der Waals surface area contributed by atoms with Gasteiger partial charge in [0.1, 0.15) is 0 Å². The molecule has 0 spiro atoms. The smallest absolute Gasteiger partial charge is 0.231 e. The molecule has 4 nitrogen and oxygen atoms in total. The standard InChI is InChI=1S/C16H24N2O2/c1-12(2)14(18-7-5-17-6-8-18)9-13-3-4-15-16(10-13)20-11-19-15/h3-4,10,12,14,17H,5-9,11H2,1-2H3. The van der Waals surface area contributed by atoms with Gasteiger partial charge in [-0.3, -0.25) is 4.90 Å². The van der Waals surface area contributed by atoms with Gasteiger partial charge in [0, 0.05) is 32.2 Å². The molecule has 2 aliphatic rings. The highest BCUT2D eigenvalue weighted by Gasteiger charge is 2.24. The van der Waals surface area contributed by atoms with E-state index in [2.05, 4.69) is 36.2 Å². The molecule has 1 atom stereocenters. The van der Waals surface area contributed by atoms with Crippen LogP contribution in [-0.2, 0) is 6.42 Å². The summed E-state index contributed by atoms with van der Waals surface area (Å²) < 4.78 is 10.9. The second kappa shape index (κ2) is 6.02. The zero-order valence-corrected chi connectivity index (χ0v) is 12.4. The Morgan fingerprint density at radius 1 is 1.15 bits per heavy atom. The molecule has 0 bridgehead atoms. The first kappa shape index (κ1) is 13.7. The fraction of sp³-hybridized carbons (Fsp3) is 0.625. The molecule has 0 radical (unpaired) electrons. The Morgan fingerprint density at radius 2 is 1.90 bits per heavy atom. The maximum atomic E-state index is 5.48. The normalized spacial score (nSPS) is 20.4. The Kier molecular flexibility index (Phi) is 4.13. The van der Waals surface area contributed by atoms with Gasteiger partial charge in [0.25, 0.3) is 0 Å². The van der Waals surface area contributed by atoms with Crippen LogP contribution in [0.4, 0.5) is 0 Å². The largest absolute Gasteiger partial charge is 0.454 e. The molecule has 0 aromatic heterocycles. The molecule has 1 unspecified atom stereocenters. The average Bonchev–Trinajstić information content (AvgIpc) is 2.93. The summed E-state index contributed by atoms with van der Waals surface area (Å²) in [6.07, 6.45) is 1.08. The molecule has 1 aromatic carbocycles. The molecule has 110 valence electrons. The van der Waals surface area contributed by atoms with Crippen molar-refractivity contribution in [1.82, 2.24) is 10.2 Å². The Morgan fingerprint density at radius 3 is 2.65 bits per heavy atom. The number of piperazine rings is 1. The second-order valence-corrected chi connectivity index (χ2v) is 5.99. The van der Waals surface area contributed by atoms with Crippen LogP contribution in [0.1, 0.15) is 19.4 Å². The number of fused-ring (bicyclic) bond motifs is 1. The number of nitrogens with zero attached hydrogens (tertiary/aromatic N) is 1. The SMILES string of the molecule is CC(C)C(Cc1ccc2c(c1)OCO2)N1CCNCC1. The maximum absolute atomic E-state index is 5.48. The molecule has 2 heterocycles. The summed E-state index contributed by atoms with van der Waals surface area (Å²) in [7, 11) is 0. The molecule has 3 rings (SSSR count). The highest BCUT2D eigenvalue weighted by atomic mass is 16.7. The molecule has 0 amide bonds. The molecule has 1 N–H and O–H groups in total. The number of nitrogens with one attached hydrogen (secondary N) is 1. The Hall–Kier alpha value is -1.26. The van der Waals surface area contributed by atoms with Gasteiger partial charge in [-0.1, -0.05) is 19.9 Å². The van der Waals surface area contributed by atoms with E-state index in [1.165, 1.54) is 5.56 Å². The van der Waals surface area contributed by atoms with E-state index in [0.29, 0.717) is 18.8 Å². The summed E-state index contributed by atoms with van der Waals surface area (Å²) in [5.41, 5.74) is 1.34. The van der Waals surface area contributed by atoms with Crippen molar-refractivity contribution in [3.63, 3.8) is 0 Å². The van der Waals surface area contributed by atoms with Crippen molar-refractivity contribution in [2.24, 2.45) is 5.92 Å². The van der Waals surface area contributed by atoms with Crippen LogP contribution >= 0.6 is 0 Å². The number of hydrogen-bond donors (Lipinski definition) is 1. The zero-order chi connectivity index (χ0) is 13.9. The van der Waals surface area contributed by atoms with Gasteiger partial charge in [0.15, 0.2) is 11.5 Å². The highest BCUT2D eigenvalue weighted by Crippen LogP contribution is 2.33. The lowest BCUT2D eigenvalue weighted by Crippen LogP contribution is -2.50. The summed E-state index contributed by atoms with van der Waals surface area (Å²) in [5.74, 6) is 2.42. The minimum atomic E-state index is 0.351. The van der Waals surface area contributed by atoms with E-state index >= 15 is 0 Å². The van der Waals surface area contributed by atoms with Crippen molar-refractivity contribution < 1.29 is 9.47 Å². The summed E-state index contributed by atoms with van der Waals surface area (Å²) in [6, 6.07) is 6.94. The zero-order valence-electron chi connectivity index (χ0n) is 12.4. The van der Waals surface area contributed by atoms with Crippen molar-refractivity contribution in [2.75, 3.05) is 33.0 Å². The highest BCUT2D eigenvalue weighted by molar-refractivity contribution is 5.44. The molecule has 4 heteroatoms. The molecule has 1 saturated heterocycles. The lowest BCUT2D eigenvalue weighted by molar-refractivity contribution is 0.136. The van der Waals surface area contributed by atoms with Gasteiger partial charge in [-0.25, -0.2) is 0 Å². The number of ether oxygens (including phenoxy) is 2. The third-order valence-corrected chi connectivity index (χ3v) is 4.27. The quantitative estimate of drug-likeness (QED) is 0.910. The minimum Gasteiger partial charge on any atom is -0.454 e. The summed E-state index contributed by atoms with van der Waals surface area (Å²) >= 11 is 0. The topological polar surface area (TPSA) is 33.7 Å². The molecule has 20 heavy (non-hydrogen) atoms. The molecule has 1 aromatic rings. The van der Waals surface area contributed by atoms with E-state index in [1.807, 2.05) is 6.07 Å².